The second kappa shape index (κ2) is 6.06. The summed E-state index contributed by atoms with van der Waals surface area (Å²) in [5, 5.41) is 0. The fraction of sp³-hybridized carbons (Fsp3) is 0.167. The zero-order chi connectivity index (χ0) is 9.36. The van der Waals surface area contributed by atoms with Gasteiger partial charge in [0.05, 0.1) is 0 Å². The highest BCUT2D eigenvalue weighted by atomic mass is 16.5. The molecule has 0 heterocycles. The fourth-order valence-corrected chi connectivity index (χ4v) is 0.922. The minimum Gasteiger partial charge on any atom is -0.490 e. The number of rotatable bonds is 5. The maximum absolute atomic E-state index is 5.43. The Hall–Kier alpha value is -1.50. The van der Waals surface area contributed by atoms with E-state index in [1.165, 1.54) is 0 Å². The first kappa shape index (κ1) is 9.59. The van der Waals surface area contributed by atoms with Gasteiger partial charge in [-0.2, -0.15) is 0 Å². The zero-order valence-electron chi connectivity index (χ0n) is 7.65. The Balaban J connectivity index is 2.24. The first-order valence-electron chi connectivity index (χ1n) is 4.37. The lowest BCUT2D eigenvalue weighted by molar-refractivity contribution is 0.362. The molecular weight excluding hydrogens is 160 g/mol. The Morgan fingerprint density at radius 3 is 2.62 bits per heavy atom. The van der Waals surface area contributed by atoms with E-state index in [1.807, 2.05) is 48.6 Å². The van der Waals surface area contributed by atoms with Gasteiger partial charge in [-0.3, -0.25) is 0 Å². The van der Waals surface area contributed by atoms with Crippen LogP contribution in [0.1, 0.15) is 6.42 Å². The normalized spacial score (nSPS) is 10.2. The van der Waals surface area contributed by atoms with Gasteiger partial charge in [-0.15, -0.1) is 6.58 Å². The summed E-state index contributed by atoms with van der Waals surface area (Å²) in [5.41, 5.74) is 0. The summed E-state index contributed by atoms with van der Waals surface area (Å²) < 4.78 is 5.43. The molecule has 0 radical (unpaired) electrons. The molecule has 0 spiro atoms. The molecule has 1 heteroatoms. The molecule has 0 unspecified atom stereocenters. The first-order chi connectivity index (χ1) is 6.43. The Morgan fingerprint density at radius 2 is 1.92 bits per heavy atom. The van der Waals surface area contributed by atoms with Crippen molar-refractivity contribution in [3.63, 3.8) is 0 Å². The lowest BCUT2D eigenvalue weighted by Gasteiger charge is -2.00. The number of ether oxygens (including phenoxy) is 1. The van der Waals surface area contributed by atoms with Crippen LogP contribution < -0.4 is 4.74 Å². The van der Waals surface area contributed by atoms with E-state index in [4.69, 9.17) is 4.74 Å². The molecule has 0 N–H and O–H groups in total. The highest BCUT2D eigenvalue weighted by Gasteiger charge is 1.86. The second-order valence-corrected chi connectivity index (χ2v) is 2.62. The summed E-state index contributed by atoms with van der Waals surface area (Å²) in [4.78, 5) is 0. The molecule has 0 aliphatic carbocycles. The molecular formula is C12H14O. The van der Waals surface area contributed by atoms with Gasteiger partial charge in [-0.25, -0.2) is 0 Å². The Labute approximate surface area is 79.4 Å². The monoisotopic (exact) mass is 174 g/mol. The quantitative estimate of drug-likeness (QED) is 0.623. The molecule has 0 saturated heterocycles. The van der Waals surface area contributed by atoms with Crippen molar-refractivity contribution in [3.8, 4) is 5.75 Å². The van der Waals surface area contributed by atoms with E-state index in [1.54, 1.807) is 0 Å². The molecule has 0 saturated carbocycles. The van der Waals surface area contributed by atoms with Gasteiger partial charge in [-0.05, 0) is 18.6 Å². The van der Waals surface area contributed by atoms with Crippen LogP contribution in [0.15, 0.2) is 55.1 Å². The van der Waals surface area contributed by atoms with E-state index < -0.39 is 0 Å². The van der Waals surface area contributed by atoms with E-state index in [-0.39, 0.29) is 0 Å². The van der Waals surface area contributed by atoms with Crippen LogP contribution in [-0.2, 0) is 0 Å². The maximum atomic E-state index is 5.43. The van der Waals surface area contributed by atoms with Crippen molar-refractivity contribution in [3.05, 3.63) is 55.1 Å². The molecule has 1 aromatic rings. The molecule has 0 fully saturated rings. The molecule has 0 amide bonds. The van der Waals surface area contributed by atoms with Gasteiger partial charge in [0.2, 0.25) is 0 Å². The minimum absolute atomic E-state index is 0.623. The number of allylic oxidation sites excluding steroid dienone is 2. The van der Waals surface area contributed by atoms with Crippen molar-refractivity contribution < 1.29 is 4.74 Å². The van der Waals surface area contributed by atoms with Crippen LogP contribution in [0.25, 0.3) is 0 Å². The van der Waals surface area contributed by atoms with Crippen molar-refractivity contribution in [1.29, 1.82) is 0 Å². The lowest BCUT2D eigenvalue weighted by atomic mass is 10.3. The molecule has 0 aliphatic heterocycles. The van der Waals surface area contributed by atoms with E-state index in [0.29, 0.717) is 6.61 Å². The third-order valence-electron chi connectivity index (χ3n) is 1.56. The van der Waals surface area contributed by atoms with Crippen LogP contribution in [0, 0.1) is 0 Å². The van der Waals surface area contributed by atoms with E-state index in [2.05, 4.69) is 6.58 Å². The third kappa shape index (κ3) is 4.16. The molecule has 1 nitrogen and oxygen atoms in total. The number of benzene rings is 1. The van der Waals surface area contributed by atoms with Crippen LogP contribution >= 0.6 is 0 Å². The molecule has 68 valence electrons. The Bertz CT molecular complexity index is 262. The highest BCUT2D eigenvalue weighted by Crippen LogP contribution is 2.07. The summed E-state index contributed by atoms with van der Waals surface area (Å²) in [6.07, 6.45) is 6.79. The van der Waals surface area contributed by atoms with E-state index in [0.717, 1.165) is 12.2 Å². The van der Waals surface area contributed by atoms with Crippen molar-refractivity contribution >= 4 is 0 Å². The van der Waals surface area contributed by atoms with Crippen molar-refractivity contribution in [1.82, 2.24) is 0 Å². The van der Waals surface area contributed by atoms with E-state index >= 15 is 0 Å². The summed E-state index contributed by atoms with van der Waals surface area (Å²) in [7, 11) is 0. The molecule has 0 bridgehead atoms. The van der Waals surface area contributed by atoms with Gasteiger partial charge in [0.15, 0.2) is 0 Å². The average molecular weight is 174 g/mol. The predicted octanol–water partition coefficient (Wildman–Crippen LogP) is 3.20. The van der Waals surface area contributed by atoms with Crippen LogP contribution in [0.4, 0.5) is 0 Å². The van der Waals surface area contributed by atoms with Gasteiger partial charge >= 0.3 is 0 Å². The average Bonchev–Trinajstić information content (AvgIpc) is 2.19. The van der Waals surface area contributed by atoms with Crippen LogP contribution in [0.2, 0.25) is 0 Å². The summed E-state index contributed by atoms with van der Waals surface area (Å²) in [5.74, 6) is 0.908. The molecule has 0 aliphatic rings. The van der Waals surface area contributed by atoms with Crippen LogP contribution in [0.5, 0.6) is 5.75 Å². The zero-order valence-corrected chi connectivity index (χ0v) is 7.65. The van der Waals surface area contributed by atoms with Crippen LogP contribution in [0.3, 0.4) is 0 Å². The van der Waals surface area contributed by atoms with Crippen molar-refractivity contribution in [2.75, 3.05) is 6.61 Å². The Morgan fingerprint density at radius 1 is 1.15 bits per heavy atom. The van der Waals surface area contributed by atoms with E-state index in [9.17, 15) is 0 Å². The first-order valence-corrected chi connectivity index (χ1v) is 4.37. The number of hydrogen-bond acceptors (Lipinski definition) is 1. The van der Waals surface area contributed by atoms with Gasteiger partial charge in [-0.1, -0.05) is 36.4 Å². The second-order valence-electron chi connectivity index (χ2n) is 2.62. The van der Waals surface area contributed by atoms with Gasteiger partial charge in [0.1, 0.15) is 12.4 Å². The van der Waals surface area contributed by atoms with Gasteiger partial charge in [0, 0.05) is 0 Å². The summed E-state index contributed by atoms with van der Waals surface area (Å²) in [6, 6.07) is 9.79. The van der Waals surface area contributed by atoms with Crippen molar-refractivity contribution in [2.24, 2.45) is 0 Å². The third-order valence-corrected chi connectivity index (χ3v) is 1.56. The molecule has 0 atom stereocenters. The molecule has 0 aromatic heterocycles. The molecule has 13 heavy (non-hydrogen) atoms. The summed E-state index contributed by atoms with van der Waals surface area (Å²) >= 11 is 0. The standard InChI is InChI=1S/C12H14O/c1-2-3-4-8-11-13-12-9-6-5-7-10-12/h2,4-10H,1,3,11H2. The van der Waals surface area contributed by atoms with Gasteiger partial charge < -0.3 is 4.74 Å². The maximum Gasteiger partial charge on any atom is 0.119 e. The topological polar surface area (TPSA) is 9.23 Å². The Kier molecular flexibility index (Phi) is 4.47. The number of hydrogen-bond donors (Lipinski definition) is 0. The smallest absolute Gasteiger partial charge is 0.119 e. The SMILES string of the molecule is C=CCC=CCOc1ccccc1. The summed E-state index contributed by atoms with van der Waals surface area (Å²) in [6.45, 7) is 4.25. The lowest BCUT2D eigenvalue weighted by Crippen LogP contribution is -1.92. The van der Waals surface area contributed by atoms with Crippen LogP contribution in [-0.4, -0.2) is 6.61 Å². The largest absolute Gasteiger partial charge is 0.490 e. The number of para-hydroxylation sites is 1. The molecule has 1 rings (SSSR count). The molecule has 1 aromatic carbocycles. The van der Waals surface area contributed by atoms with Crippen molar-refractivity contribution in [2.45, 2.75) is 6.42 Å². The van der Waals surface area contributed by atoms with Gasteiger partial charge in [0.25, 0.3) is 0 Å². The minimum atomic E-state index is 0.623. The fourth-order valence-electron chi connectivity index (χ4n) is 0.922. The predicted molar refractivity (Wildman–Crippen MR) is 55.9 cm³/mol. The highest BCUT2D eigenvalue weighted by molar-refractivity contribution is 5.21.